The summed E-state index contributed by atoms with van der Waals surface area (Å²) >= 11 is 0. The second-order valence-corrected chi connectivity index (χ2v) is 5.49. The summed E-state index contributed by atoms with van der Waals surface area (Å²) in [5.41, 5.74) is 0. The Balaban J connectivity index is 1.61. The fourth-order valence-electron chi connectivity index (χ4n) is 2.94. The Morgan fingerprint density at radius 2 is 2.11 bits per heavy atom. The first-order valence-electron chi connectivity index (χ1n) is 7.10. The van der Waals surface area contributed by atoms with Crippen molar-refractivity contribution in [1.29, 1.82) is 0 Å². The summed E-state index contributed by atoms with van der Waals surface area (Å²) in [6, 6.07) is 0. The Bertz CT molecular complexity index is 465. The third-order valence-corrected chi connectivity index (χ3v) is 4.11. The van der Waals surface area contributed by atoms with E-state index < -0.39 is 5.97 Å². The quantitative estimate of drug-likeness (QED) is 0.860. The van der Waals surface area contributed by atoms with Crippen molar-refractivity contribution in [3.8, 4) is 0 Å². The zero-order valence-corrected chi connectivity index (χ0v) is 11.1. The first kappa shape index (κ1) is 12.6. The summed E-state index contributed by atoms with van der Waals surface area (Å²) in [4.78, 5) is 18.0. The highest BCUT2D eigenvalue weighted by molar-refractivity contribution is 5.70. The standard InChI is InChI=1S/C13H20N4O2/c18-13(19)10-3-8-17-12(9-10)14-11(15-17)4-7-16-5-1-2-6-16/h10H,1-9H2,(H,18,19). The van der Waals surface area contributed by atoms with Crippen molar-refractivity contribution in [2.75, 3.05) is 19.6 Å². The van der Waals surface area contributed by atoms with Crippen LogP contribution in [-0.2, 0) is 24.2 Å². The van der Waals surface area contributed by atoms with Gasteiger partial charge in [0.05, 0.1) is 5.92 Å². The number of carboxylic acid groups (broad SMARTS) is 1. The van der Waals surface area contributed by atoms with Gasteiger partial charge in [0.25, 0.3) is 0 Å². The molecule has 1 saturated heterocycles. The fraction of sp³-hybridized carbons (Fsp3) is 0.769. The van der Waals surface area contributed by atoms with Crippen LogP contribution in [0.4, 0.5) is 0 Å². The topological polar surface area (TPSA) is 71.2 Å². The molecule has 2 aliphatic rings. The van der Waals surface area contributed by atoms with E-state index in [1.807, 2.05) is 4.68 Å². The van der Waals surface area contributed by atoms with E-state index in [4.69, 9.17) is 5.11 Å². The minimum Gasteiger partial charge on any atom is -0.481 e. The van der Waals surface area contributed by atoms with Crippen LogP contribution >= 0.6 is 0 Å². The predicted molar refractivity (Wildman–Crippen MR) is 68.8 cm³/mol. The third-order valence-electron chi connectivity index (χ3n) is 4.11. The van der Waals surface area contributed by atoms with E-state index in [1.165, 1.54) is 25.9 Å². The molecule has 1 aromatic rings. The lowest BCUT2D eigenvalue weighted by Crippen LogP contribution is -2.26. The van der Waals surface area contributed by atoms with Gasteiger partial charge in [-0.2, -0.15) is 5.10 Å². The second kappa shape index (κ2) is 5.28. The highest BCUT2D eigenvalue weighted by Gasteiger charge is 2.26. The Labute approximate surface area is 112 Å². The zero-order chi connectivity index (χ0) is 13.2. The SMILES string of the molecule is O=C(O)C1CCn2nc(CCN3CCCC3)nc2C1. The number of hydrogen-bond donors (Lipinski definition) is 1. The molecular formula is C13H20N4O2. The number of nitrogens with zero attached hydrogens (tertiary/aromatic N) is 4. The molecule has 0 radical (unpaired) electrons. The highest BCUT2D eigenvalue weighted by Crippen LogP contribution is 2.19. The van der Waals surface area contributed by atoms with Crippen molar-refractivity contribution in [3.05, 3.63) is 11.6 Å². The smallest absolute Gasteiger partial charge is 0.307 e. The molecule has 104 valence electrons. The van der Waals surface area contributed by atoms with Gasteiger partial charge in [-0.25, -0.2) is 9.67 Å². The molecule has 6 nitrogen and oxygen atoms in total. The molecular weight excluding hydrogens is 244 g/mol. The summed E-state index contributed by atoms with van der Waals surface area (Å²) in [5, 5.41) is 13.5. The maximum absolute atomic E-state index is 11.0. The van der Waals surface area contributed by atoms with Crippen molar-refractivity contribution >= 4 is 5.97 Å². The van der Waals surface area contributed by atoms with E-state index in [-0.39, 0.29) is 5.92 Å². The van der Waals surface area contributed by atoms with Gasteiger partial charge in [-0.05, 0) is 32.4 Å². The number of hydrogen-bond acceptors (Lipinski definition) is 4. The summed E-state index contributed by atoms with van der Waals surface area (Å²) in [7, 11) is 0. The second-order valence-electron chi connectivity index (χ2n) is 5.49. The van der Waals surface area contributed by atoms with Crippen LogP contribution < -0.4 is 0 Å². The lowest BCUT2D eigenvalue weighted by molar-refractivity contribution is -0.142. The van der Waals surface area contributed by atoms with Gasteiger partial charge in [0, 0.05) is 25.9 Å². The number of carboxylic acids is 1. The minimum absolute atomic E-state index is 0.289. The first-order valence-corrected chi connectivity index (χ1v) is 7.10. The molecule has 0 aliphatic carbocycles. The molecule has 2 aliphatic heterocycles. The van der Waals surface area contributed by atoms with Gasteiger partial charge in [0.1, 0.15) is 5.82 Å². The van der Waals surface area contributed by atoms with Gasteiger partial charge in [-0.3, -0.25) is 4.79 Å². The molecule has 1 unspecified atom stereocenters. The van der Waals surface area contributed by atoms with E-state index >= 15 is 0 Å². The van der Waals surface area contributed by atoms with Gasteiger partial charge in [0.2, 0.25) is 0 Å². The molecule has 0 aromatic carbocycles. The molecule has 0 amide bonds. The molecule has 3 heterocycles. The van der Waals surface area contributed by atoms with Gasteiger partial charge >= 0.3 is 5.97 Å². The number of aryl methyl sites for hydroxylation is 1. The largest absolute Gasteiger partial charge is 0.481 e. The van der Waals surface area contributed by atoms with E-state index in [0.717, 1.165) is 24.6 Å². The van der Waals surface area contributed by atoms with Gasteiger partial charge < -0.3 is 10.0 Å². The maximum atomic E-state index is 11.0. The molecule has 0 spiro atoms. The average molecular weight is 264 g/mol. The summed E-state index contributed by atoms with van der Waals surface area (Å²) < 4.78 is 1.89. The fourth-order valence-corrected chi connectivity index (χ4v) is 2.94. The van der Waals surface area contributed by atoms with Crippen LogP contribution in [0.25, 0.3) is 0 Å². The number of carbonyl (C=O) groups is 1. The van der Waals surface area contributed by atoms with E-state index in [1.54, 1.807) is 0 Å². The lowest BCUT2D eigenvalue weighted by Gasteiger charge is -2.17. The van der Waals surface area contributed by atoms with Crippen LogP contribution in [0.1, 0.15) is 30.9 Å². The molecule has 1 aromatic heterocycles. The van der Waals surface area contributed by atoms with Crippen LogP contribution in [0.3, 0.4) is 0 Å². The van der Waals surface area contributed by atoms with Crippen LogP contribution in [0.2, 0.25) is 0 Å². The van der Waals surface area contributed by atoms with Crippen molar-refractivity contribution in [1.82, 2.24) is 19.7 Å². The predicted octanol–water partition coefficient (Wildman–Crippen LogP) is 0.563. The van der Waals surface area contributed by atoms with Crippen molar-refractivity contribution in [2.24, 2.45) is 5.92 Å². The lowest BCUT2D eigenvalue weighted by atomic mass is 9.98. The maximum Gasteiger partial charge on any atom is 0.307 e. The van der Waals surface area contributed by atoms with Crippen LogP contribution in [0.15, 0.2) is 0 Å². The minimum atomic E-state index is -0.715. The Hall–Kier alpha value is -1.43. The average Bonchev–Trinajstić information content (AvgIpc) is 3.04. The normalized spacial score (nSPS) is 23.5. The number of likely N-dealkylation sites (tertiary alicyclic amines) is 1. The van der Waals surface area contributed by atoms with Crippen LogP contribution in [-0.4, -0.2) is 50.4 Å². The van der Waals surface area contributed by atoms with Gasteiger partial charge in [-0.1, -0.05) is 0 Å². The van der Waals surface area contributed by atoms with Crippen molar-refractivity contribution in [3.63, 3.8) is 0 Å². The van der Waals surface area contributed by atoms with Gasteiger partial charge in [-0.15, -0.1) is 0 Å². The third kappa shape index (κ3) is 2.78. The molecule has 3 rings (SSSR count). The highest BCUT2D eigenvalue weighted by atomic mass is 16.4. The molecule has 19 heavy (non-hydrogen) atoms. The zero-order valence-electron chi connectivity index (χ0n) is 11.1. The number of fused-ring (bicyclic) bond motifs is 1. The molecule has 0 saturated carbocycles. The van der Waals surface area contributed by atoms with E-state index in [0.29, 0.717) is 19.4 Å². The van der Waals surface area contributed by atoms with Crippen LogP contribution in [0.5, 0.6) is 0 Å². The van der Waals surface area contributed by atoms with Gasteiger partial charge in [0.15, 0.2) is 5.82 Å². The van der Waals surface area contributed by atoms with E-state index in [2.05, 4.69) is 15.0 Å². The van der Waals surface area contributed by atoms with E-state index in [9.17, 15) is 4.79 Å². The Morgan fingerprint density at radius 3 is 2.84 bits per heavy atom. The Morgan fingerprint density at radius 1 is 1.32 bits per heavy atom. The summed E-state index contributed by atoms with van der Waals surface area (Å²) in [6.45, 7) is 4.08. The number of rotatable bonds is 4. The molecule has 1 N–H and O–H groups in total. The molecule has 1 fully saturated rings. The van der Waals surface area contributed by atoms with Crippen molar-refractivity contribution in [2.45, 2.75) is 38.6 Å². The first-order chi connectivity index (χ1) is 9.22. The number of aliphatic carboxylic acids is 1. The summed E-state index contributed by atoms with van der Waals surface area (Å²) in [5.74, 6) is 0.707. The molecule has 0 bridgehead atoms. The van der Waals surface area contributed by atoms with Crippen LogP contribution in [0, 0.1) is 5.92 Å². The molecule has 6 heteroatoms. The van der Waals surface area contributed by atoms with Crippen molar-refractivity contribution < 1.29 is 9.90 Å². The molecule has 1 atom stereocenters. The summed E-state index contributed by atoms with van der Waals surface area (Å²) in [6.07, 6.45) is 4.65. The Kier molecular flexibility index (Phi) is 3.50. The monoisotopic (exact) mass is 264 g/mol. The number of aromatic nitrogens is 3.